The van der Waals surface area contributed by atoms with Gasteiger partial charge >= 0.3 is 12.2 Å². The van der Waals surface area contributed by atoms with Gasteiger partial charge in [0.2, 0.25) is 0 Å². The van der Waals surface area contributed by atoms with Crippen molar-refractivity contribution in [2.75, 3.05) is 18.5 Å². The number of nitrogens with zero attached hydrogens (tertiary/aromatic N) is 2. The molecule has 3 rings (SSSR count). The van der Waals surface area contributed by atoms with Crippen LogP contribution in [0.15, 0.2) is 60.7 Å². The van der Waals surface area contributed by atoms with Crippen LogP contribution >= 0.6 is 23.5 Å². The SMILES string of the molecule is CCOC(=O)N1SC(c2ccccc2)=CC(Nc2ccccc2Cl)N1C(=O)OCC. The van der Waals surface area contributed by atoms with E-state index >= 15 is 0 Å². The monoisotopic (exact) mass is 447 g/mol. The Labute approximate surface area is 184 Å². The Morgan fingerprint density at radius 2 is 1.63 bits per heavy atom. The molecule has 1 aliphatic rings. The van der Waals surface area contributed by atoms with E-state index in [1.165, 1.54) is 9.42 Å². The number of carbonyl (C=O) groups excluding carboxylic acids is 2. The summed E-state index contributed by atoms with van der Waals surface area (Å²) >= 11 is 7.39. The fourth-order valence-electron chi connectivity index (χ4n) is 2.77. The van der Waals surface area contributed by atoms with Crippen molar-refractivity contribution in [2.45, 2.75) is 20.0 Å². The number of amides is 2. The first-order valence-corrected chi connectivity index (χ1v) is 10.6. The summed E-state index contributed by atoms with van der Waals surface area (Å²) in [5, 5.41) is 4.88. The zero-order chi connectivity index (χ0) is 21.5. The first-order chi connectivity index (χ1) is 14.5. The van der Waals surface area contributed by atoms with Gasteiger partial charge in [-0.2, -0.15) is 5.01 Å². The highest BCUT2D eigenvalue weighted by Gasteiger charge is 2.39. The average Bonchev–Trinajstić information content (AvgIpc) is 2.75. The van der Waals surface area contributed by atoms with Gasteiger partial charge in [-0.05, 0) is 37.6 Å². The molecule has 30 heavy (non-hydrogen) atoms. The Bertz CT molecular complexity index is 925. The van der Waals surface area contributed by atoms with Crippen LogP contribution in [0.2, 0.25) is 5.02 Å². The lowest BCUT2D eigenvalue weighted by Crippen LogP contribution is -2.55. The molecular weight excluding hydrogens is 426 g/mol. The van der Waals surface area contributed by atoms with E-state index in [1.807, 2.05) is 48.5 Å². The van der Waals surface area contributed by atoms with Crippen LogP contribution < -0.4 is 5.32 Å². The first kappa shape index (κ1) is 21.9. The highest BCUT2D eigenvalue weighted by molar-refractivity contribution is 8.06. The van der Waals surface area contributed by atoms with Crippen molar-refractivity contribution in [3.63, 3.8) is 0 Å². The molecule has 1 atom stereocenters. The molecule has 1 N–H and O–H groups in total. The number of anilines is 1. The second kappa shape index (κ2) is 10.3. The molecule has 2 aromatic carbocycles. The summed E-state index contributed by atoms with van der Waals surface area (Å²) < 4.78 is 11.5. The maximum atomic E-state index is 12.8. The lowest BCUT2D eigenvalue weighted by atomic mass is 10.2. The second-order valence-electron chi connectivity index (χ2n) is 6.07. The van der Waals surface area contributed by atoms with Gasteiger partial charge in [-0.1, -0.05) is 54.1 Å². The Kier molecular flexibility index (Phi) is 7.48. The van der Waals surface area contributed by atoms with E-state index in [9.17, 15) is 9.59 Å². The van der Waals surface area contributed by atoms with E-state index in [-0.39, 0.29) is 13.2 Å². The quantitative estimate of drug-likeness (QED) is 0.600. The minimum atomic E-state index is -0.746. The van der Waals surface area contributed by atoms with Crippen molar-refractivity contribution in [1.82, 2.24) is 9.42 Å². The van der Waals surface area contributed by atoms with Crippen LogP contribution in [0.1, 0.15) is 19.4 Å². The molecule has 158 valence electrons. The average molecular weight is 448 g/mol. The molecule has 0 saturated heterocycles. The number of ether oxygens (including phenoxy) is 2. The molecule has 0 saturated carbocycles. The third-order valence-corrected chi connectivity index (χ3v) is 5.46. The van der Waals surface area contributed by atoms with Crippen molar-refractivity contribution in [2.24, 2.45) is 0 Å². The Morgan fingerprint density at radius 1 is 1.00 bits per heavy atom. The van der Waals surface area contributed by atoms with Crippen molar-refractivity contribution in [1.29, 1.82) is 0 Å². The standard InChI is InChI=1S/C21H22ClN3O4S/c1-3-28-20(26)24-19(23-17-13-9-8-12-16(17)22)14-18(15-10-6-5-7-11-15)30-25(24)21(27)29-4-2/h5-14,19,23H,3-4H2,1-2H3. The first-order valence-electron chi connectivity index (χ1n) is 9.44. The van der Waals surface area contributed by atoms with Gasteiger partial charge in [0.25, 0.3) is 0 Å². The number of hydrogen-bond acceptors (Lipinski definition) is 6. The van der Waals surface area contributed by atoms with E-state index in [0.717, 1.165) is 22.4 Å². The Hall–Kier alpha value is -2.84. The normalized spacial score (nSPS) is 16.0. The Morgan fingerprint density at radius 3 is 2.30 bits per heavy atom. The molecule has 1 unspecified atom stereocenters. The molecule has 0 radical (unpaired) electrons. The number of rotatable bonds is 5. The van der Waals surface area contributed by atoms with Crippen molar-refractivity contribution >= 4 is 46.3 Å². The van der Waals surface area contributed by atoms with E-state index in [0.29, 0.717) is 10.7 Å². The summed E-state index contributed by atoms with van der Waals surface area (Å²) in [6, 6.07) is 16.7. The molecular formula is C21H22ClN3O4S. The summed E-state index contributed by atoms with van der Waals surface area (Å²) in [6.45, 7) is 3.73. The molecule has 0 spiro atoms. The number of halogens is 1. The van der Waals surface area contributed by atoms with Gasteiger partial charge < -0.3 is 14.8 Å². The third kappa shape index (κ3) is 5.01. The summed E-state index contributed by atoms with van der Waals surface area (Å²) in [5.41, 5.74) is 1.50. The molecule has 1 heterocycles. The minimum absolute atomic E-state index is 0.157. The Balaban J connectivity index is 2.05. The number of benzene rings is 2. The lowest BCUT2D eigenvalue weighted by Gasteiger charge is -2.40. The maximum absolute atomic E-state index is 12.8. The van der Waals surface area contributed by atoms with E-state index < -0.39 is 18.4 Å². The molecule has 0 fully saturated rings. The number of hydrazine groups is 1. The van der Waals surface area contributed by atoms with E-state index in [2.05, 4.69) is 5.32 Å². The molecule has 0 aliphatic carbocycles. The largest absolute Gasteiger partial charge is 0.448 e. The highest BCUT2D eigenvalue weighted by Crippen LogP contribution is 2.39. The van der Waals surface area contributed by atoms with Gasteiger partial charge in [0, 0.05) is 16.9 Å². The van der Waals surface area contributed by atoms with Gasteiger partial charge in [-0.25, -0.2) is 9.59 Å². The number of nitrogens with one attached hydrogen (secondary N) is 1. The molecule has 2 aromatic rings. The van der Waals surface area contributed by atoms with Gasteiger partial charge in [0.05, 0.1) is 23.9 Å². The number of carbonyl (C=O) groups is 2. The molecule has 7 nitrogen and oxygen atoms in total. The lowest BCUT2D eigenvalue weighted by molar-refractivity contribution is 0.0212. The van der Waals surface area contributed by atoms with Crippen molar-refractivity contribution < 1.29 is 19.1 Å². The van der Waals surface area contributed by atoms with Crippen LogP contribution in [0.25, 0.3) is 4.91 Å². The van der Waals surface area contributed by atoms with Gasteiger partial charge in [-0.3, -0.25) is 0 Å². The highest BCUT2D eigenvalue weighted by atomic mass is 35.5. The topological polar surface area (TPSA) is 71.1 Å². The van der Waals surface area contributed by atoms with Crippen molar-refractivity contribution in [3.05, 3.63) is 71.3 Å². The summed E-state index contributed by atoms with van der Waals surface area (Å²) in [7, 11) is 0. The second-order valence-corrected chi connectivity index (χ2v) is 7.45. The zero-order valence-corrected chi connectivity index (χ0v) is 18.2. The van der Waals surface area contributed by atoms with E-state index in [1.54, 1.807) is 26.0 Å². The van der Waals surface area contributed by atoms with Crippen LogP contribution in [0.4, 0.5) is 15.3 Å². The summed E-state index contributed by atoms with van der Waals surface area (Å²) in [5.74, 6) is 0. The van der Waals surface area contributed by atoms with Gasteiger partial charge in [-0.15, -0.1) is 4.41 Å². The van der Waals surface area contributed by atoms with Gasteiger partial charge in [0.1, 0.15) is 6.17 Å². The van der Waals surface area contributed by atoms with Crippen LogP contribution in [0.5, 0.6) is 0 Å². The number of para-hydroxylation sites is 1. The summed E-state index contributed by atoms with van der Waals surface area (Å²) in [6.07, 6.45) is -0.269. The third-order valence-electron chi connectivity index (χ3n) is 4.07. The van der Waals surface area contributed by atoms with Crippen LogP contribution in [0.3, 0.4) is 0 Å². The predicted molar refractivity (Wildman–Crippen MR) is 119 cm³/mol. The molecule has 9 heteroatoms. The predicted octanol–water partition coefficient (Wildman–Crippen LogP) is 5.61. The fraction of sp³-hybridized carbons (Fsp3) is 0.238. The molecule has 0 bridgehead atoms. The molecule has 1 aliphatic heterocycles. The van der Waals surface area contributed by atoms with E-state index in [4.69, 9.17) is 21.1 Å². The van der Waals surface area contributed by atoms with Crippen LogP contribution in [0, 0.1) is 0 Å². The fourth-order valence-corrected chi connectivity index (χ4v) is 3.96. The number of hydrogen-bond donors (Lipinski definition) is 1. The zero-order valence-electron chi connectivity index (χ0n) is 16.6. The van der Waals surface area contributed by atoms with Crippen LogP contribution in [-0.4, -0.2) is 41.0 Å². The summed E-state index contributed by atoms with van der Waals surface area (Å²) in [4.78, 5) is 26.3. The van der Waals surface area contributed by atoms with Crippen molar-refractivity contribution in [3.8, 4) is 0 Å². The minimum Gasteiger partial charge on any atom is -0.448 e. The smallest absolute Gasteiger partial charge is 0.440 e. The molecule has 2 amide bonds. The van der Waals surface area contributed by atoms with Gasteiger partial charge in [0.15, 0.2) is 0 Å². The molecule has 0 aromatic heterocycles. The van der Waals surface area contributed by atoms with Crippen LogP contribution in [-0.2, 0) is 9.47 Å². The maximum Gasteiger partial charge on any atom is 0.440 e.